The van der Waals surface area contributed by atoms with Gasteiger partial charge in [-0.2, -0.15) is 0 Å². The summed E-state index contributed by atoms with van der Waals surface area (Å²) in [6.07, 6.45) is 3.74. The Kier molecular flexibility index (Phi) is 4.32. The van der Waals surface area contributed by atoms with Crippen molar-refractivity contribution < 1.29 is 4.79 Å². The molecule has 0 saturated carbocycles. The molecular formula is C22H19N3O. The van der Waals surface area contributed by atoms with Crippen molar-refractivity contribution in [2.24, 2.45) is 4.99 Å². The van der Waals surface area contributed by atoms with Gasteiger partial charge in [-0.25, -0.2) is 0 Å². The summed E-state index contributed by atoms with van der Waals surface area (Å²) in [5.74, 6) is 0.0424. The lowest BCUT2D eigenvalue weighted by atomic mass is 10.1. The molecule has 4 heteroatoms. The van der Waals surface area contributed by atoms with Crippen LogP contribution in [0, 0.1) is 6.92 Å². The summed E-state index contributed by atoms with van der Waals surface area (Å²) in [4.78, 5) is 23.9. The van der Waals surface area contributed by atoms with E-state index in [1.807, 2.05) is 72.5 Å². The fourth-order valence-corrected chi connectivity index (χ4v) is 3.14. The maximum Gasteiger partial charge on any atom is 0.233 e. The first kappa shape index (κ1) is 16.2. The number of aromatic nitrogens is 1. The zero-order chi connectivity index (χ0) is 17.9. The van der Waals surface area contributed by atoms with Crippen LogP contribution in [-0.4, -0.2) is 16.6 Å². The molecule has 1 aromatic heterocycles. The predicted molar refractivity (Wildman–Crippen MR) is 104 cm³/mol. The minimum Gasteiger partial charge on any atom is -0.306 e. The van der Waals surface area contributed by atoms with Crippen LogP contribution in [0.2, 0.25) is 0 Å². The largest absolute Gasteiger partial charge is 0.306 e. The van der Waals surface area contributed by atoms with Gasteiger partial charge in [-0.15, -0.1) is 0 Å². The van der Waals surface area contributed by atoms with Crippen LogP contribution in [0.1, 0.15) is 23.1 Å². The van der Waals surface area contributed by atoms with Crippen molar-refractivity contribution in [3.8, 4) is 0 Å². The number of fused-ring (bicyclic) bond motifs is 1. The highest BCUT2D eigenvalue weighted by atomic mass is 16.2. The SMILES string of the molecule is Cc1ccc2c(c1)N(Cc1ccccc1)C(=O)CC(c1cccnc1)=N2. The Morgan fingerprint density at radius 3 is 2.65 bits per heavy atom. The van der Waals surface area contributed by atoms with Gasteiger partial charge in [0.05, 0.1) is 30.1 Å². The Labute approximate surface area is 152 Å². The van der Waals surface area contributed by atoms with Crippen molar-refractivity contribution in [1.82, 2.24) is 4.98 Å². The summed E-state index contributed by atoms with van der Waals surface area (Å²) in [6.45, 7) is 2.56. The minimum absolute atomic E-state index is 0.0424. The van der Waals surface area contributed by atoms with Crippen molar-refractivity contribution in [2.45, 2.75) is 19.9 Å². The summed E-state index contributed by atoms with van der Waals surface area (Å²) in [6, 6.07) is 19.9. The fourth-order valence-electron chi connectivity index (χ4n) is 3.14. The van der Waals surface area contributed by atoms with Crippen molar-refractivity contribution >= 4 is 23.0 Å². The number of hydrogen-bond donors (Lipinski definition) is 0. The van der Waals surface area contributed by atoms with Gasteiger partial charge in [0.15, 0.2) is 0 Å². The predicted octanol–water partition coefficient (Wildman–Crippen LogP) is 4.45. The highest BCUT2D eigenvalue weighted by molar-refractivity contribution is 6.17. The number of nitrogens with zero attached hydrogens (tertiary/aromatic N) is 3. The van der Waals surface area contributed by atoms with E-state index in [4.69, 9.17) is 4.99 Å². The Hall–Kier alpha value is -3.27. The fraction of sp³-hybridized carbons (Fsp3) is 0.136. The van der Waals surface area contributed by atoms with Gasteiger partial charge in [-0.3, -0.25) is 14.8 Å². The first-order valence-corrected chi connectivity index (χ1v) is 8.63. The van der Waals surface area contributed by atoms with E-state index in [0.717, 1.165) is 33.8 Å². The molecule has 0 N–H and O–H groups in total. The van der Waals surface area contributed by atoms with E-state index in [-0.39, 0.29) is 12.3 Å². The van der Waals surface area contributed by atoms with Gasteiger partial charge in [0.1, 0.15) is 0 Å². The maximum absolute atomic E-state index is 13.1. The summed E-state index contributed by atoms with van der Waals surface area (Å²) in [7, 11) is 0. The molecule has 0 spiro atoms. The summed E-state index contributed by atoms with van der Waals surface area (Å²) >= 11 is 0. The zero-order valence-electron chi connectivity index (χ0n) is 14.6. The number of aliphatic imine (C=N–C) groups is 1. The van der Waals surface area contributed by atoms with E-state index < -0.39 is 0 Å². The topological polar surface area (TPSA) is 45.6 Å². The third-order valence-corrected chi connectivity index (χ3v) is 4.48. The second-order valence-corrected chi connectivity index (χ2v) is 6.43. The smallest absolute Gasteiger partial charge is 0.233 e. The van der Waals surface area contributed by atoms with Crippen LogP contribution in [0.15, 0.2) is 78.0 Å². The number of aryl methyl sites for hydroxylation is 1. The molecule has 128 valence electrons. The van der Waals surface area contributed by atoms with Gasteiger partial charge in [-0.1, -0.05) is 42.5 Å². The molecule has 1 amide bonds. The number of amides is 1. The molecule has 0 aliphatic carbocycles. The molecule has 1 aliphatic heterocycles. The van der Waals surface area contributed by atoms with Crippen molar-refractivity contribution in [3.63, 3.8) is 0 Å². The molecule has 0 bridgehead atoms. The third-order valence-electron chi connectivity index (χ3n) is 4.48. The van der Waals surface area contributed by atoms with Crippen LogP contribution in [0.5, 0.6) is 0 Å². The van der Waals surface area contributed by atoms with E-state index in [1.165, 1.54) is 0 Å². The third kappa shape index (κ3) is 3.26. The van der Waals surface area contributed by atoms with Gasteiger partial charge in [0, 0.05) is 18.0 Å². The molecule has 0 atom stereocenters. The van der Waals surface area contributed by atoms with Gasteiger partial charge < -0.3 is 4.90 Å². The van der Waals surface area contributed by atoms with Gasteiger partial charge in [-0.05, 0) is 36.2 Å². The standard InChI is InChI=1S/C22H19N3O/c1-16-9-10-19-21(12-16)25(15-17-6-3-2-4-7-17)22(26)13-20(24-19)18-8-5-11-23-14-18/h2-12,14H,13,15H2,1H3. The van der Waals surface area contributed by atoms with Crippen LogP contribution in [0.25, 0.3) is 0 Å². The highest BCUT2D eigenvalue weighted by Gasteiger charge is 2.25. The molecule has 4 nitrogen and oxygen atoms in total. The van der Waals surface area contributed by atoms with E-state index >= 15 is 0 Å². The molecular weight excluding hydrogens is 322 g/mol. The van der Waals surface area contributed by atoms with Gasteiger partial charge in [0.2, 0.25) is 5.91 Å². The lowest BCUT2D eigenvalue weighted by Crippen LogP contribution is -2.31. The van der Waals surface area contributed by atoms with E-state index in [0.29, 0.717) is 6.54 Å². The summed E-state index contributed by atoms with van der Waals surface area (Å²) < 4.78 is 0. The maximum atomic E-state index is 13.1. The number of pyridine rings is 1. The Balaban J connectivity index is 1.79. The average Bonchev–Trinajstić information content (AvgIpc) is 2.80. The van der Waals surface area contributed by atoms with Crippen molar-refractivity contribution in [1.29, 1.82) is 0 Å². The number of rotatable bonds is 3. The van der Waals surface area contributed by atoms with Crippen molar-refractivity contribution in [3.05, 3.63) is 89.7 Å². The van der Waals surface area contributed by atoms with Crippen LogP contribution in [0.3, 0.4) is 0 Å². The number of hydrogen-bond acceptors (Lipinski definition) is 3. The normalized spacial score (nSPS) is 13.8. The number of carbonyl (C=O) groups excluding carboxylic acids is 1. The quantitative estimate of drug-likeness (QED) is 0.706. The number of benzene rings is 2. The highest BCUT2D eigenvalue weighted by Crippen LogP contribution is 2.34. The molecule has 0 fully saturated rings. The second kappa shape index (κ2) is 6.92. The average molecular weight is 341 g/mol. The van der Waals surface area contributed by atoms with Crippen molar-refractivity contribution in [2.75, 3.05) is 4.90 Å². The number of carbonyl (C=O) groups is 1. The Morgan fingerprint density at radius 2 is 1.88 bits per heavy atom. The summed E-state index contributed by atoms with van der Waals surface area (Å²) in [5, 5.41) is 0. The molecule has 0 radical (unpaired) electrons. The van der Waals surface area contributed by atoms with Crippen LogP contribution >= 0.6 is 0 Å². The molecule has 1 aliphatic rings. The minimum atomic E-state index is 0.0424. The molecule has 3 aromatic rings. The van der Waals surface area contributed by atoms with E-state index in [9.17, 15) is 4.79 Å². The van der Waals surface area contributed by atoms with Crippen LogP contribution in [0.4, 0.5) is 11.4 Å². The second-order valence-electron chi connectivity index (χ2n) is 6.43. The van der Waals surface area contributed by atoms with E-state index in [2.05, 4.69) is 4.98 Å². The molecule has 0 unspecified atom stereocenters. The Morgan fingerprint density at radius 1 is 1.04 bits per heavy atom. The summed E-state index contributed by atoms with van der Waals surface area (Å²) in [5.41, 5.74) is 5.51. The zero-order valence-corrected chi connectivity index (χ0v) is 14.6. The molecule has 0 saturated heterocycles. The molecule has 4 rings (SSSR count). The first-order chi connectivity index (χ1) is 12.7. The van der Waals surface area contributed by atoms with Gasteiger partial charge >= 0.3 is 0 Å². The lowest BCUT2D eigenvalue weighted by molar-refractivity contribution is -0.117. The molecule has 2 aromatic carbocycles. The lowest BCUT2D eigenvalue weighted by Gasteiger charge is -2.23. The molecule has 2 heterocycles. The monoisotopic (exact) mass is 341 g/mol. The number of anilines is 1. The van der Waals surface area contributed by atoms with Gasteiger partial charge in [0.25, 0.3) is 0 Å². The van der Waals surface area contributed by atoms with E-state index in [1.54, 1.807) is 12.4 Å². The van der Waals surface area contributed by atoms with Crippen LogP contribution < -0.4 is 4.90 Å². The molecule has 26 heavy (non-hydrogen) atoms. The Bertz CT molecular complexity index is 965. The van der Waals surface area contributed by atoms with Crippen LogP contribution in [-0.2, 0) is 11.3 Å². The first-order valence-electron chi connectivity index (χ1n) is 8.63.